The molecule has 3 fully saturated rings. The van der Waals surface area contributed by atoms with Gasteiger partial charge in [0.05, 0.1) is 22.9 Å². The van der Waals surface area contributed by atoms with Gasteiger partial charge in [0.2, 0.25) is 0 Å². The molecule has 198 valence electrons. The highest BCUT2D eigenvalue weighted by Crippen LogP contribution is 2.59. The van der Waals surface area contributed by atoms with Crippen molar-refractivity contribution in [3.05, 3.63) is 64.2 Å². The largest absolute Gasteiger partial charge is 0.393 e. The topological polar surface area (TPSA) is 74.6 Å². The van der Waals surface area contributed by atoms with E-state index < -0.39 is 22.0 Å². The summed E-state index contributed by atoms with van der Waals surface area (Å²) in [6, 6.07) is 5.02. The van der Waals surface area contributed by atoms with Crippen LogP contribution in [0.2, 0.25) is 5.02 Å². The van der Waals surface area contributed by atoms with Crippen LogP contribution in [0.3, 0.4) is 0 Å². The SMILES string of the molecule is C=C1/C(=C\C=C2/CCC[C@]3(C)[C@@H]([C@H](C)CCS(=O)(=O)c4ccc(C)c(Cl)c4)CC[C@@H]23)C[C@@H](O)C[C@@H]1O. The predicted molar refractivity (Wildman–Crippen MR) is 147 cm³/mol. The minimum Gasteiger partial charge on any atom is -0.393 e. The normalized spacial score (nSPS) is 34.2. The number of aliphatic hydroxyl groups is 2. The third kappa shape index (κ3) is 5.55. The number of sulfone groups is 1. The fourth-order valence-electron chi connectivity index (χ4n) is 7.11. The highest BCUT2D eigenvalue weighted by atomic mass is 35.5. The summed E-state index contributed by atoms with van der Waals surface area (Å²) in [7, 11) is -3.37. The van der Waals surface area contributed by atoms with E-state index in [0.29, 0.717) is 46.9 Å². The Morgan fingerprint density at radius 3 is 2.72 bits per heavy atom. The van der Waals surface area contributed by atoms with E-state index in [1.54, 1.807) is 18.2 Å². The molecule has 2 N–H and O–H groups in total. The second kappa shape index (κ2) is 10.8. The van der Waals surface area contributed by atoms with E-state index in [0.717, 1.165) is 42.4 Å². The van der Waals surface area contributed by atoms with Gasteiger partial charge in [-0.25, -0.2) is 8.42 Å². The van der Waals surface area contributed by atoms with Crippen molar-refractivity contribution >= 4 is 21.4 Å². The summed E-state index contributed by atoms with van der Waals surface area (Å²) in [6.07, 6.45) is 10.3. The van der Waals surface area contributed by atoms with Crippen LogP contribution in [0, 0.1) is 30.1 Å². The second-order valence-electron chi connectivity index (χ2n) is 11.7. The van der Waals surface area contributed by atoms with Crippen molar-refractivity contribution in [1.82, 2.24) is 0 Å². The van der Waals surface area contributed by atoms with Crippen molar-refractivity contribution in [2.24, 2.45) is 23.2 Å². The molecule has 3 saturated carbocycles. The zero-order valence-corrected chi connectivity index (χ0v) is 23.4. The molecule has 0 radical (unpaired) electrons. The zero-order valence-electron chi connectivity index (χ0n) is 21.8. The van der Waals surface area contributed by atoms with E-state index in [-0.39, 0.29) is 11.2 Å². The first kappa shape index (κ1) is 27.6. The van der Waals surface area contributed by atoms with Crippen LogP contribution < -0.4 is 0 Å². The number of hydrogen-bond donors (Lipinski definition) is 2. The van der Waals surface area contributed by atoms with Gasteiger partial charge in [-0.1, -0.05) is 55.8 Å². The van der Waals surface area contributed by atoms with Gasteiger partial charge >= 0.3 is 0 Å². The number of hydrogen-bond acceptors (Lipinski definition) is 4. The lowest BCUT2D eigenvalue weighted by Crippen LogP contribution is -2.36. The molecular formula is C30H41ClO4S. The summed E-state index contributed by atoms with van der Waals surface area (Å²) in [6.45, 7) is 10.6. The molecule has 1 aromatic rings. The summed E-state index contributed by atoms with van der Waals surface area (Å²) in [4.78, 5) is 0.316. The molecule has 4 rings (SSSR count). The minimum atomic E-state index is -3.37. The molecule has 6 heteroatoms. The number of aryl methyl sites for hydroxylation is 1. The highest BCUT2D eigenvalue weighted by Gasteiger charge is 2.50. The molecule has 6 atom stereocenters. The maximum Gasteiger partial charge on any atom is 0.178 e. The first-order valence-corrected chi connectivity index (χ1v) is 15.4. The Morgan fingerprint density at radius 1 is 1.25 bits per heavy atom. The average Bonchev–Trinajstić information content (AvgIpc) is 3.18. The standard InChI is InChI=1S/C30H41ClO4S/c1-19(13-15-36(34,35)25-10-7-20(2)28(31)18-25)26-11-12-27-22(6-5-14-30(26,27)4)8-9-23-16-24(32)17-29(33)21(23)3/h7-10,18-19,24,26-27,29,32-33H,3,5-6,11-17H2,1-2,4H3/b22-8+,23-9-/t19-,24-,26-,27+,29+,30-/m1/s1. The van der Waals surface area contributed by atoms with Crippen LogP contribution in [-0.4, -0.2) is 36.6 Å². The Kier molecular flexibility index (Phi) is 8.26. The minimum absolute atomic E-state index is 0.145. The molecule has 3 aliphatic rings. The number of aliphatic hydroxyl groups excluding tert-OH is 2. The van der Waals surface area contributed by atoms with Gasteiger partial charge in [0.25, 0.3) is 0 Å². The summed E-state index contributed by atoms with van der Waals surface area (Å²) < 4.78 is 26.0. The first-order valence-electron chi connectivity index (χ1n) is 13.4. The maximum absolute atomic E-state index is 13.0. The smallest absolute Gasteiger partial charge is 0.178 e. The Morgan fingerprint density at radius 2 is 2.00 bits per heavy atom. The van der Waals surface area contributed by atoms with Crippen molar-refractivity contribution in [3.63, 3.8) is 0 Å². The van der Waals surface area contributed by atoms with Gasteiger partial charge in [0, 0.05) is 11.4 Å². The van der Waals surface area contributed by atoms with Crippen LogP contribution in [0.1, 0.15) is 70.8 Å². The second-order valence-corrected chi connectivity index (χ2v) is 14.2. The van der Waals surface area contributed by atoms with Gasteiger partial charge < -0.3 is 10.2 Å². The molecule has 0 aliphatic heterocycles. The van der Waals surface area contributed by atoms with Crippen molar-refractivity contribution < 1.29 is 18.6 Å². The molecule has 0 aromatic heterocycles. The van der Waals surface area contributed by atoms with Crippen LogP contribution >= 0.6 is 11.6 Å². The van der Waals surface area contributed by atoms with E-state index in [4.69, 9.17) is 11.6 Å². The molecular weight excluding hydrogens is 492 g/mol. The van der Waals surface area contributed by atoms with Crippen molar-refractivity contribution in [1.29, 1.82) is 0 Å². The Labute approximate surface area is 222 Å². The van der Waals surface area contributed by atoms with Gasteiger partial charge in [-0.15, -0.1) is 0 Å². The van der Waals surface area contributed by atoms with Crippen LogP contribution in [0.5, 0.6) is 0 Å². The number of rotatable bonds is 6. The van der Waals surface area contributed by atoms with E-state index >= 15 is 0 Å². The molecule has 0 heterocycles. The number of halogens is 1. The molecule has 0 unspecified atom stereocenters. The maximum atomic E-state index is 13.0. The lowest BCUT2D eigenvalue weighted by Gasteiger charge is -2.44. The molecule has 4 nitrogen and oxygen atoms in total. The molecule has 0 spiro atoms. The third-order valence-corrected chi connectivity index (χ3v) is 11.5. The fourth-order valence-corrected chi connectivity index (χ4v) is 8.84. The van der Waals surface area contributed by atoms with Crippen LogP contribution in [0.25, 0.3) is 0 Å². The van der Waals surface area contributed by atoms with E-state index in [2.05, 4.69) is 32.6 Å². The van der Waals surface area contributed by atoms with Crippen LogP contribution in [0.4, 0.5) is 0 Å². The molecule has 0 amide bonds. The van der Waals surface area contributed by atoms with Gasteiger partial charge in [-0.2, -0.15) is 0 Å². The average molecular weight is 533 g/mol. The van der Waals surface area contributed by atoms with Gasteiger partial charge in [-0.3, -0.25) is 0 Å². The summed E-state index contributed by atoms with van der Waals surface area (Å²) in [5.41, 5.74) is 4.18. The molecule has 36 heavy (non-hydrogen) atoms. The van der Waals surface area contributed by atoms with E-state index in [1.807, 2.05) is 6.92 Å². The summed E-state index contributed by atoms with van der Waals surface area (Å²) in [5, 5.41) is 20.8. The Bertz CT molecular complexity index is 1170. The quantitative estimate of drug-likeness (QED) is 0.433. The van der Waals surface area contributed by atoms with Crippen LogP contribution in [-0.2, 0) is 9.84 Å². The van der Waals surface area contributed by atoms with E-state index in [1.165, 1.54) is 12.0 Å². The van der Waals surface area contributed by atoms with Gasteiger partial charge in [0.1, 0.15) is 0 Å². The van der Waals surface area contributed by atoms with Crippen molar-refractivity contribution in [3.8, 4) is 0 Å². The van der Waals surface area contributed by atoms with E-state index in [9.17, 15) is 18.6 Å². The zero-order chi connectivity index (χ0) is 26.3. The lowest BCUT2D eigenvalue weighted by atomic mass is 9.61. The van der Waals surface area contributed by atoms with Gasteiger partial charge in [0.15, 0.2) is 9.84 Å². The molecule has 1 aromatic carbocycles. The molecule has 3 aliphatic carbocycles. The highest BCUT2D eigenvalue weighted by molar-refractivity contribution is 7.91. The Balaban J connectivity index is 1.46. The lowest BCUT2D eigenvalue weighted by molar-refractivity contribution is 0.0861. The van der Waals surface area contributed by atoms with Crippen molar-refractivity contribution in [2.45, 2.75) is 89.2 Å². The monoisotopic (exact) mass is 532 g/mol. The third-order valence-electron chi connectivity index (χ3n) is 9.33. The number of allylic oxidation sites excluding steroid dienone is 3. The predicted octanol–water partition coefficient (Wildman–Crippen LogP) is 6.59. The van der Waals surface area contributed by atoms with Gasteiger partial charge in [-0.05, 0) is 104 Å². The van der Waals surface area contributed by atoms with Crippen molar-refractivity contribution in [2.75, 3.05) is 5.75 Å². The van der Waals surface area contributed by atoms with Crippen LogP contribution in [0.15, 0.2) is 58.5 Å². The molecule has 0 saturated heterocycles. The summed E-state index contributed by atoms with van der Waals surface area (Å²) >= 11 is 6.19. The fraction of sp³-hybridized carbons (Fsp3) is 0.600. The molecule has 0 bridgehead atoms. The Hall–Kier alpha value is -1.40. The first-order chi connectivity index (χ1) is 16.9. The summed E-state index contributed by atoms with van der Waals surface area (Å²) in [5.74, 6) is 1.45. The number of benzene rings is 1. The number of fused-ring (bicyclic) bond motifs is 1.